The Hall–Kier alpha value is -3.53. The van der Waals surface area contributed by atoms with Crippen molar-refractivity contribution in [3.8, 4) is 0 Å². The lowest BCUT2D eigenvalue weighted by Crippen LogP contribution is -2.34. The molecule has 3 aromatic rings. The Balaban J connectivity index is 1.83. The molecule has 3 nitrogen and oxygen atoms in total. The summed E-state index contributed by atoms with van der Waals surface area (Å²) >= 11 is 0. The summed E-state index contributed by atoms with van der Waals surface area (Å²) in [5, 5.41) is 0. The number of ketones is 1. The molecule has 0 spiro atoms. The lowest BCUT2D eigenvalue weighted by atomic mass is 9.90. The molecule has 0 radical (unpaired) electrons. The molecular formula is C25H20FNO2. The molecule has 0 aromatic heterocycles. The molecular weight excluding hydrogens is 365 g/mol. The van der Waals surface area contributed by atoms with Crippen molar-refractivity contribution in [3.05, 3.63) is 113 Å². The van der Waals surface area contributed by atoms with Gasteiger partial charge in [0.15, 0.2) is 5.78 Å². The van der Waals surface area contributed by atoms with Crippen LogP contribution in [0, 0.1) is 5.82 Å². The van der Waals surface area contributed by atoms with Gasteiger partial charge in [-0.3, -0.25) is 9.59 Å². The maximum atomic E-state index is 13.3. The Morgan fingerprint density at radius 3 is 2.10 bits per heavy atom. The fraction of sp³-hybridized carbons (Fsp3) is 0.120. The van der Waals surface area contributed by atoms with Crippen LogP contribution in [-0.2, 0) is 11.3 Å². The van der Waals surface area contributed by atoms with Crippen LogP contribution in [-0.4, -0.2) is 16.6 Å². The Labute approximate surface area is 169 Å². The van der Waals surface area contributed by atoms with E-state index in [4.69, 9.17) is 0 Å². The standard InChI is InChI=1S/C25H20FNO2/c26-21-13-11-20(12-14-21)25(29)22-15-16-23(28)27(17-18-7-3-1-4-8-18)24(22)19-9-5-2-6-10-19/h1-14H,15-17H2. The van der Waals surface area contributed by atoms with Crippen LogP contribution in [0.25, 0.3) is 5.70 Å². The van der Waals surface area contributed by atoms with Gasteiger partial charge in [-0.15, -0.1) is 0 Å². The van der Waals surface area contributed by atoms with Crippen LogP contribution in [0.3, 0.4) is 0 Å². The average molecular weight is 385 g/mol. The molecule has 0 aliphatic carbocycles. The number of nitrogens with zero attached hydrogens (tertiary/aromatic N) is 1. The van der Waals surface area contributed by atoms with Gasteiger partial charge in [0.25, 0.3) is 0 Å². The first kappa shape index (κ1) is 18.8. The SMILES string of the molecule is O=C(C1=C(c2ccccc2)N(Cc2ccccc2)C(=O)CC1)c1ccc(F)cc1. The van der Waals surface area contributed by atoms with E-state index < -0.39 is 0 Å². The summed E-state index contributed by atoms with van der Waals surface area (Å²) in [5.41, 5.74) is 3.45. The third-order valence-corrected chi connectivity index (χ3v) is 5.06. The van der Waals surface area contributed by atoms with Crippen LogP contribution >= 0.6 is 0 Å². The van der Waals surface area contributed by atoms with Gasteiger partial charge in [-0.1, -0.05) is 60.7 Å². The Morgan fingerprint density at radius 2 is 1.45 bits per heavy atom. The summed E-state index contributed by atoms with van der Waals surface area (Å²) in [7, 11) is 0. The first-order valence-electron chi connectivity index (χ1n) is 9.56. The van der Waals surface area contributed by atoms with Crippen LogP contribution in [0.5, 0.6) is 0 Å². The monoisotopic (exact) mass is 385 g/mol. The summed E-state index contributed by atoms with van der Waals surface area (Å²) in [6.45, 7) is 0.393. The third kappa shape index (κ3) is 4.02. The topological polar surface area (TPSA) is 37.4 Å². The largest absolute Gasteiger partial charge is 0.307 e. The van der Waals surface area contributed by atoms with E-state index in [1.165, 1.54) is 24.3 Å². The summed E-state index contributed by atoms with van der Waals surface area (Å²) in [6.07, 6.45) is 0.635. The molecule has 0 atom stereocenters. The number of hydrogen-bond acceptors (Lipinski definition) is 2. The van der Waals surface area contributed by atoms with Gasteiger partial charge >= 0.3 is 0 Å². The molecule has 4 heteroatoms. The number of amides is 1. The van der Waals surface area contributed by atoms with Crippen LogP contribution in [0.1, 0.15) is 34.3 Å². The highest BCUT2D eigenvalue weighted by Gasteiger charge is 2.31. The second kappa shape index (κ2) is 8.23. The Bertz CT molecular complexity index is 1060. The highest BCUT2D eigenvalue weighted by Crippen LogP contribution is 2.34. The second-order valence-electron chi connectivity index (χ2n) is 6.99. The third-order valence-electron chi connectivity index (χ3n) is 5.06. The molecule has 4 rings (SSSR count). The fourth-order valence-electron chi connectivity index (χ4n) is 3.63. The summed E-state index contributed by atoms with van der Waals surface area (Å²) in [5.74, 6) is -0.568. The van der Waals surface area contributed by atoms with Gasteiger partial charge in [-0.05, 0) is 41.8 Å². The van der Waals surface area contributed by atoms with Gasteiger partial charge < -0.3 is 4.90 Å². The van der Waals surface area contributed by atoms with Crippen molar-refractivity contribution in [1.82, 2.24) is 4.90 Å². The predicted molar refractivity (Wildman–Crippen MR) is 110 cm³/mol. The van der Waals surface area contributed by atoms with E-state index >= 15 is 0 Å². The zero-order valence-corrected chi connectivity index (χ0v) is 15.8. The Morgan fingerprint density at radius 1 is 0.828 bits per heavy atom. The van der Waals surface area contributed by atoms with E-state index in [-0.39, 0.29) is 23.9 Å². The highest BCUT2D eigenvalue weighted by atomic mass is 19.1. The minimum absolute atomic E-state index is 0.0108. The first-order valence-corrected chi connectivity index (χ1v) is 9.56. The molecule has 0 bridgehead atoms. The molecule has 0 unspecified atom stereocenters. The Kier molecular flexibility index (Phi) is 5.34. The zero-order chi connectivity index (χ0) is 20.2. The van der Waals surface area contributed by atoms with E-state index in [0.29, 0.717) is 29.8 Å². The molecule has 29 heavy (non-hydrogen) atoms. The number of carbonyl (C=O) groups excluding carboxylic acids is 2. The molecule has 144 valence electrons. The lowest BCUT2D eigenvalue weighted by molar-refractivity contribution is -0.128. The van der Waals surface area contributed by atoms with Crippen molar-refractivity contribution in [2.45, 2.75) is 19.4 Å². The van der Waals surface area contributed by atoms with Crippen LogP contribution in [0.2, 0.25) is 0 Å². The summed E-state index contributed by atoms with van der Waals surface area (Å²) in [4.78, 5) is 27.8. The molecule has 0 fully saturated rings. The zero-order valence-electron chi connectivity index (χ0n) is 15.8. The molecule has 1 aliphatic heterocycles. The van der Waals surface area contributed by atoms with Gasteiger partial charge in [-0.2, -0.15) is 0 Å². The number of hydrogen-bond donors (Lipinski definition) is 0. The molecule has 0 saturated heterocycles. The van der Waals surface area contributed by atoms with Crippen molar-refractivity contribution in [2.24, 2.45) is 0 Å². The summed E-state index contributed by atoms with van der Waals surface area (Å²) < 4.78 is 13.3. The second-order valence-corrected chi connectivity index (χ2v) is 6.99. The quantitative estimate of drug-likeness (QED) is 0.563. The smallest absolute Gasteiger partial charge is 0.227 e. The van der Waals surface area contributed by atoms with Crippen molar-refractivity contribution in [3.63, 3.8) is 0 Å². The minimum Gasteiger partial charge on any atom is -0.307 e. The van der Waals surface area contributed by atoms with Crippen LogP contribution in [0.15, 0.2) is 90.5 Å². The normalized spacial score (nSPS) is 14.2. The van der Waals surface area contributed by atoms with Gasteiger partial charge in [0.1, 0.15) is 5.82 Å². The maximum absolute atomic E-state index is 13.3. The lowest BCUT2D eigenvalue weighted by Gasteiger charge is -2.32. The van der Waals surface area contributed by atoms with Crippen molar-refractivity contribution in [2.75, 3.05) is 0 Å². The number of Topliss-reactive ketones (excluding diaryl/α,β-unsaturated/α-hetero) is 1. The van der Waals surface area contributed by atoms with Crippen molar-refractivity contribution < 1.29 is 14.0 Å². The fourth-order valence-corrected chi connectivity index (χ4v) is 3.63. The molecule has 3 aromatic carbocycles. The minimum atomic E-state index is -0.386. The number of halogens is 1. The number of allylic oxidation sites excluding steroid dienone is 1. The van der Waals surface area contributed by atoms with Gasteiger partial charge in [0, 0.05) is 17.6 Å². The average Bonchev–Trinajstić information content (AvgIpc) is 2.76. The number of benzene rings is 3. The van der Waals surface area contributed by atoms with Gasteiger partial charge in [-0.25, -0.2) is 4.39 Å². The first-order chi connectivity index (χ1) is 14.1. The predicted octanol–water partition coefficient (Wildman–Crippen LogP) is 5.24. The highest BCUT2D eigenvalue weighted by molar-refractivity contribution is 6.15. The number of carbonyl (C=O) groups is 2. The molecule has 0 saturated carbocycles. The van der Waals surface area contributed by atoms with Crippen LogP contribution in [0.4, 0.5) is 4.39 Å². The summed E-state index contributed by atoms with van der Waals surface area (Å²) in [6, 6.07) is 24.8. The van der Waals surface area contributed by atoms with Gasteiger partial charge in [0.05, 0.1) is 12.2 Å². The van der Waals surface area contributed by atoms with E-state index in [9.17, 15) is 14.0 Å². The van der Waals surface area contributed by atoms with Crippen LogP contribution < -0.4 is 0 Å². The number of rotatable bonds is 5. The molecule has 0 N–H and O–H groups in total. The molecule has 1 amide bonds. The van der Waals surface area contributed by atoms with Gasteiger partial charge in [0.2, 0.25) is 5.91 Å². The molecule has 1 aliphatic rings. The van der Waals surface area contributed by atoms with E-state index in [0.717, 1.165) is 11.1 Å². The van der Waals surface area contributed by atoms with Crippen molar-refractivity contribution >= 4 is 17.4 Å². The van der Waals surface area contributed by atoms with E-state index in [2.05, 4.69) is 0 Å². The maximum Gasteiger partial charge on any atom is 0.227 e. The molecule has 1 heterocycles. The van der Waals surface area contributed by atoms with E-state index in [1.54, 1.807) is 4.90 Å². The van der Waals surface area contributed by atoms with E-state index in [1.807, 2.05) is 60.7 Å². The van der Waals surface area contributed by atoms with Crippen molar-refractivity contribution in [1.29, 1.82) is 0 Å².